The summed E-state index contributed by atoms with van der Waals surface area (Å²) in [5.41, 5.74) is 0. The average Bonchev–Trinajstić information content (AvgIpc) is 1.00. The Morgan fingerprint density at radius 3 is 0.333 bits per heavy atom. The first-order valence-electron chi connectivity index (χ1n) is 0.167. The highest BCUT2D eigenvalue weighted by Gasteiger charge is 0.707. The lowest BCUT2D eigenvalue weighted by molar-refractivity contribution is 0.823. The first kappa shape index (κ1) is 13500. The largest absolute Gasteiger partial charge is 1.00 e. The molecule has 15 heavy (non-hydrogen) atoms. The van der Waals surface area contributed by atoms with Crippen LogP contribution in [0.4, 0.5) is 0 Å². The summed E-state index contributed by atoms with van der Waals surface area (Å²) >= 11 is 0. The van der Waals surface area contributed by atoms with Gasteiger partial charge in [0.1, 0.15) is 0 Å². The molecule has 0 aliphatic rings. The van der Waals surface area contributed by atoms with Gasteiger partial charge < -0.3 is 21.9 Å². The van der Waals surface area contributed by atoms with E-state index in [-0.39, 0.29) is 90.2 Å². The molecule has 0 atom stereocenters. The molecular formula is C9H45O6+. The van der Waals surface area contributed by atoms with Crippen molar-refractivity contribution in [1.29, 1.82) is 0 Å². The zero-order valence-electron chi connectivity index (χ0n) is 3.82. The molecule has 0 saturated carbocycles. The minimum Gasteiger partial charge on any atom is -0.412 e. The van der Waals surface area contributed by atoms with Crippen molar-refractivity contribution in [3.63, 3.8) is 0 Å². The van der Waals surface area contributed by atoms with E-state index < -0.39 is 0 Å². The molecule has 0 unspecified atom stereocenters. The second-order valence-corrected chi connectivity index (χ2v) is 0. The lowest BCUT2D eigenvalue weighted by Gasteiger charge is -0.707. The lowest BCUT2D eigenvalue weighted by Crippen LogP contribution is -0.674. The molecule has 0 rings (SSSR count). The van der Waals surface area contributed by atoms with E-state index in [2.05, 4.69) is 0 Å². The maximum absolute atomic E-state index is 7.00. The fourth-order valence-electron chi connectivity index (χ4n) is 0. The summed E-state index contributed by atoms with van der Waals surface area (Å²) in [6.45, 7) is 0. The zero-order valence-corrected chi connectivity index (χ0v) is 2.82. The van der Waals surface area contributed by atoms with Crippen molar-refractivity contribution in [2.45, 2.75) is 66.8 Å². The van der Waals surface area contributed by atoms with Crippen molar-refractivity contribution in [2.24, 2.45) is 0 Å². The van der Waals surface area contributed by atoms with Crippen molar-refractivity contribution in [3.8, 4) is 0 Å². The fraction of sp³-hybridized carbons (Fsp3) is 1.00. The molecular weight excluding hydrogens is 204 g/mol. The van der Waals surface area contributed by atoms with E-state index in [1.807, 2.05) is 0 Å². The normalized spacial score (nSPS) is 0.267. The van der Waals surface area contributed by atoms with E-state index >= 15 is 0 Å². The van der Waals surface area contributed by atoms with Gasteiger partial charge in [0.25, 0.3) is 0 Å². The van der Waals surface area contributed by atoms with Gasteiger partial charge in [0.15, 0.2) is 0 Å². The average molecular weight is 249 g/mol. The third-order valence-corrected chi connectivity index (χ3v) is 0. The van der Waals surface area contributed by atoms with Gasteiger partial charge >= 0.3 is 1.43 Å². The molecule has 0 aromatic carbocycles. The summed E-state index contributed by atoms with van der Waals surface area (Å²) in [7, 11) is 0. The van der Waals surface area contributed by atoms with Gasteiger partial charge in [-0.1, -0.05) is 66.8 Å². The molecule has 0 aromatic rings. The first-order chi connectivity index (χ1) is 1.00. The Hall–Kier alpha value is -0.560. The Kier molecular flexibility index (Phi) is 5960000. The molecule has 0 bridgehead atoms. The van der Waals surface area contributed by atoms with Gasteiger partial charge in [-0.2, -0.15) is 0 Å². The first-order valence-corrected chi connectivity index (χ1v) is 0.167. The Balaban J connectivity index is -0.0000000000549. The highest BCUT2D eigenvalue weighted by Crippen LogP contribution is 0.741. The van der Waals surface area contributed by atoms with Gasteiger partial charge in [0.05, 0.1) is 0 Å². The Labute approximate surface area is 101 Å². The quantitative estimate of drug-likeness (QED) is 0.645. The molecule has 0 heterocycles. The molecule has 116 valence electrons. The molecule has 0 radical (unpaired) electrons. The van der Waals surface area contributed by atoms with E-state index in [9.17, 15) is 0 Å². The summed E-state index contributed by atoms with van der Waals surface area (Å²) in [5, 5.41) is 0. The summed E-state index contributed by atoms with van der Waals surface area (Å²) in [4.78, 5) is 14.0. The van der Waals surface area contributed by atoms with Gasteiger partial charge in [-0.05, 0) is 0 Å². The second-order valence-electron chi connectivity index (χ2n) is 0. The highest BCUT2D eigenvalue weighted by molar-refractivity contribution is 4.07. The smallest absolute Gasteiger partial charge is 0.412 e. The monoisotopic (exact) mass is 249 g/mol. The van der Waals surface area contributed by atoms with Crippen molar-refractivity contribution >= 4 is 0 Å². The lowest BCUT2D eigenvalue weighted by atomic mass is 12.0. The summed E-state index contributed by atoms with van der Waals surface area (Å²) < 4.78 is 0. The van der Waals surface area contributed by atoms with Crippen LogP contribution < -0.4 is 0 Å². The predicted molar refractivity (Wildman–Crippen MR) is 82.9 cm³/mol. The molecule has 6 heteroatoms. The molecule has 8 N–H and O–H groups in total. The van der Waals surface area contributed by atoms with Gasteiger partial charge in [0, 0.05) is 9.93 Å². The number of hydrogen-bond acceptors (Lipinski definition) is 2. The van der Waals surface area contributed by atoms with Crippen LogP contribution in [0.1, 0.15) is 68.3 Å². The SMILES string of the molecule is C.C.C.C.C.C.C.C.C.O.O.O.O.O=O.[H+]. The molecule has 0 amide bonds. The van der Waals surface area contributed by atoms with E-state index in [0.717, 1.165) is 0 Å². The van der Waals surface area contributed by atoms with Gasteiger partial charge in [-0.25, -0.2) is 0 Å². The number of hydrogen-bond donors (Lipinski definition) is 0. The molecule has 0 saturated heterocycles. The molecule has 0 aliphatic heterocycles. The van der Waals surface area contributed by atoms with Crippen LogP contribution >= 0.6 is 0 Å². The van der Waals surface area contributed by atoms with E-state index in [4.69, 9.17) is 9.93 Å². The van der Waals surface area contributed by atoms with E-state index in [1.54, 1.807) is 0 Å². The van der Waals surface area contributed by atoms with Crippen LogP contribution in [0.2, 0.25) is 0 Å². The van der Waals surface area contributed by atoms with Gasteiger partial charge in [0.2, 0.25) is 0 Å². The van der Waals surface area contributed by atoms with Crippen molar-refractivity contribution < 1.29 is 23.3 Å². The third-order valence-electron chi connectivity index (χ3n) is 0. The maximum atomic E-state index is 7.00. The highest BCUT2D eigenvalue weighted by atomic mass is 16.7. The van der Waals surface area contributed by atoms with Crippen LogP contribution in [-0.4, -0.2) is 21.9 Å². The topological polar surface area (TPSA) is 160 Å². The zero-order chi connectivity index (χ0) is 2.00. The fourth-order valence-corrected chi connectivity index (χ4v) is 0. The third kappa shape index (κ3) is 5610. The molecule has 6 nitrogen and oxygen atoms in total. The van der Waals surface area contributed by atoms with Gasteiger partial charge in [-0.3, -0.25) is 0 Å². The summed E-state index contributed by atoms with van der Waals surface area (Å²) in [6.07, 6.45) is 0. The molecule has 0 fully saturated rings. The molecule has 0 spiro atoms. The van der Waals surface area contributed by atoms with Gasteiger partial charge in [-0.15, -0.1) is 0 Å². The van der Waals surface area contributed by atoms with Crippen LogP contribution in [0.3, 0.4) is 0 Å². The van der Waals surface area contributed by atoms with E-state index in [0.29, 0.717) is 0 Å². The Morgan fingerprint density at radius 1 is 0.333 bits per heavy atom. The van der Waals surface area contributed by atoms with Crippen molar-refractivity contribution in [2.75, 3.05) is 0 Å². The molecule has 0 aromatic heterocycles. The minimum atomic E-state index is 0. The summed E-state index contributed by atoms with van der Waals surface area (Å²) in [5.74, 6) is 0. The van der Waals surface area contributed by atoms with Crippen LogP contribution in [0.15, 0.2) is 0 Å². The van der Waals surface area contributed by atoms with Crippen LogP contribution in [0, 0.1) is 9.93 Å². The Morgan fingerprint density at radius 2 is 0.333 bits per heavy atom. The minimum absolute atomic E-state index is 0. The van der Waals surface area contributed by atoms with Crippen LogP contribution in [-0.2, 0) is 0 Å². The summed E-state index contributed by atoms with van der Waals surface area (Å²) in [6, 6.07) is 0. The predicted octanol–water partition coefficient (Wildman–Crippen LogP) is 2.61. The Bertz CT molecular complexity index is 20.0. The number of rotatable bonds is 0. The second kappa shape index (κ2) is 6630. The standard InChI is InChI=1S/9CH4.O2.4H2O/c;;;;;;;;;1-2;;;;/h9*1H4;;4*1H2/p+1. The van der Waals surface area contributed by atoms with Crippen LogP contribution in [0.25, 0.3) is 0 Å². The van der Waals surface area contributed by atoms with Crippen LogP contribution in [0.5, 0.6) is 0 Å². The van der Waals surface area contributed by atoms with E-state index in [1.165, 1.54) is 0 Å². The maximum Gasteiger partial charge on any atom is 1.00 e. The van der Waals surface area contributed by atoms with Crippen molar-refractivity contribution in [1.82, 2.24) is 0 Å². The molecule has 0 aliphatic carbocycles. The van der Waals surface area contributed by atoms with Crippen molar-refractivity contribution in [3.05, 3.63) is 9.93 Å².